The third-order valence-corrected chi connectivity index (χ3v) is 3.82. The SMILES string of the molecule is CCC1C(O)C(C#N)CCN1Cc1ccccc1. The van der Waals surface area contributed by atoms with E-state index in [2.05, 4.69) is 30.0 Å². The molecule has 1 saturated heterocycles. The molecule has 0 amide bonds. The van der Waals surface area contributed by atoms with E-state index in [1.807, 2.05) is 18.2 Å². The maximum atomic E-state index is 10.2. The van der Waals surface area contributed by atoms with E-state index in [0.717, 1.165) is 25.9 Å². The lowest BCUT2D eigenvalue weighted by atomic mass is 9.87. The molecule has 0 saturated carbocycles. The number of nitrogens with zero attached hydrogens (tertiary/aromatic N) is 2. The van der Waals surface area contributed by atoms with Crippen LogP contribution in [-0.2, 0) is 6.54 Å². The Kier molecular flexibility index (Phi) is 4.35. The van der Waals surface area contributed by atoms with Gasteiger partial charge in [0.2, 0.25) is 0 Å². The highest BCUT2D eigenvalue weighted by atomic mass is 16.3. The summed E-state index contributed by atoms with van der Waals surface area (Å²) < 4.78 is 0. The number of benzene rings is 1. The van der Waals surface area contributed by atoms with Crippen LogP contribution in [0.25, 0.3) is 0 Å². The molecule has 18 heavy (non-hydrogen) atoms. The van der Waals surface area contributed by atoms with Crippen LogP contribution in [0, 0.1) is 17.2 Å². The minimum atomic E-state index is -0.516. The molecule has 1 fully saturated rings. The maximum absolute atomic E-state index is 10.2. The zero-order chi connectivity index (χ0) is 13.0. The Hall–Kier alpha value is -1.37. The molecule has 96 valence electrons. The summed E-state index contributed by atoms with van der Waals surface area (Å²) in [4.78, 5) is 2.30. The average molecular weight is 244 g/mol. The van der Waals surface area contributed by atoms with E-state index in [4.69, 9.17) is 5.26 Å². The van der Waals surface area contributed by atoms with Crippen LogP contribution >= 0.6 is 0 Å². The van der Waals surface area contributed by atoms with Gasteiger partial charge < -0.3 is 5.11 Å². The van der Waals surface area contributed by atoms with Crippen LogP contribution in [0.1, 0.15) is 25.3 Å². The fourth-order valence-electron chi connectivity index (χ4n) is 2.78. The summed E-state index contributed by atoms with van der Waals surface area (Å²) in [5.41, 5.74) is 1.26. The molecule has 1 aliphatic heterocycles. The first-order chi connectivity index (χ1) is 8.76. The Balaban J connectivity index is 2.07. The molecule has 0 aliphatic carbocycles. The third kappa shape index (κ3) is 2.72. The van der Waals surface area contributed by atoms with Crippen molar-refractivity contribution >= 4 is 0 Å². The van der Waals surface area contributed by atoms with Gasteiger partial charge in [-0.2, -0.15) is 5.26 Å². The minimum Gasteiger partial charge on any atom is -0.390 e. The molecule has 1 aromatic carbocycles. The molecule has 0 aromatic heterocycles. The summed E-state index contributed by atoms with van der Waals surface area (Å²) in [5.74, 6) is -0.207. The normalized spacial score (nSPS) is 28.8. The van der Waals surface area contributed by atoms with Crippen LogP contribution in [-0.4, -0.2) is 28.7 Å². The van der Waals surface area contributed by atoms with Gasteiger partial charge in [-0.25, -0.2) is 0 Å². The monoisotopic (exact) mass is 244 g/mol. The van der Waals surface area contributed by atoms with Gasteiger partial charge in [0.05, 0.1) is 18.1 Å². The second-order valence-electron chi connectivity index (χ2n) is 4.95. The van der Waals surface area contributed by atoms with Crippen LogP contribution in [0.15, 0.2) is 30.3 Å². The Morgan fingerprint density at radius 1 is 1.39 bits per heavy atom. The zero-order valence-corrected chi connectivity index (χ0v) is 10.8. The molecular formula is C15H20N2O. The average Bonchev–Trinajstić information content (AvgIpc) is 2.40. The predicted molar refractivity (Wildman–Crippen MR) is 70.7 cm³/mol. The van der Waals surface area contributed by atoms with Gasteiger partial charge in [0.15, 0.2) is 0 Å². The number of hydrogen-bond donors (Lipinski definition) is 1. The minimum absolute atomic E-state index is 0.101. The van der Waals surface area contributed by atoms with Gasteiger partial charge in [0, 0.05) is 19.1 Å². The number of rotatable bonds is 3. The van der Waals surface area contributed by atoms with Crippen LogP contribution < -0.4 is 0 Å². The number of piperidine rings is 1. The first kappa shape index (κ1) is 13.1. The second kappa shape index (κ2) is 5.99. The molecule has 3 heteroatoms. The number of likely N-dealkylation sites (tertiary alicyclic amines) is 1. The number of aliphatic hydroxyl groups excluding tert-OH is 1. The molecule has 0 bridgehead atoms. The Labute approximate surface area is 109 Å². The largest absolute Gasteiger partial charge is 0.390 e. The van der Waals surface area contributed by atoms with E-state index in [1.165, 1.54) is 5.56 Å². The van der Waals surface area contributed by atoms with Crippen molar-refractivity contribution in [1.82, 2.24) is 4.90 Å². The first-order valence-electron chi connectivity index (χ1n) is 6.62. The Morgan fingerprint density at radius 3 is 2.72 bits per heavy atom. The van der Waals surface area contributed by atoms with Crippen molar-refractivity contribution in [2.24, 2.45) is 5.92 Å². The van der Waals surface area contributed by atoms with Crippen molar-refractivity contribution in [1.29, 1.82) is 5.26 Å². The van der Waals surface area contributed by atoms with Gasteiger partial charge in [-0.05, 0) is 18.4 Å². The van der Waals surface area contributed by atoms with Crippen LogP contribution in [0.2, 0.25) is 0 Å². The lowest BCUT2D eigenvalue weighted by molar-refractivity contribution is -0.0185. The van der Waals surface area contributed by atoms with Gasteiger partial charge >= 0.3 is 0 Å². The number of nitriles is 1. The highest BCUT2D eigenvalue weighted by Gasteiger charge is 2.35. The summed E-state index contributed by atoms with van der Waals surface area (Å²) in [7, 11) is 0. The highest BCUT2D eigenvalue weighted by molar-refractivity contribution is 5.15. The molecule has 0 radical (unpaired) electrons. The summed E-state index contributed by atoms with van der Waals surface area (Å²) in [5, 5.41) is 19.2. The van der Waals surface area contributed by atoms with Crippen LogP contribution in [0.5, 0.6) is 0 Å². The van der Waals surface area contributed by atoms with Gasteiger partial charge in [0.25, 0.3) is 0 Å². The van der Waals surface area contributed by atoms with Crippen molar-refractivity contribution in [3.8, 4) is 6.07 Å². The van der Waals surface area contributed by atoms with E-state index < -0.39 is 6.10 Å². The quantitative estimate of drug-likeness (QED) is 0.886. The topological polar surface area (TPSA) is 47.3 Å². The van der Waals surface area contributed by atoms with Crippen molar-refractivity contribution in [3.63, 3.8) is 0 Å². The third-order valence-electron chi connectivity index (χ3n) is 3.82. The van der Waals surface area contributed by atoms with Crippen LogP contribution in [0.3, 0.4) is 0 Å². The molecule has 2 rings (SSSR count). The molecule has 1 heterocycles. The molecule has 3 unspecified atom stereocenters. The molecule has 3 nitrogen and oxygen atoms in total. The summed E-state index contributed by atoms with van der Waals surface area (Å²) in [6.45, 7) is 3.82. The van der Waals surface area contributed by atoms with Crippen LogP contribution in [0.4, 0.5) is 0 Å². The first-order valence-corrected chi connectivity index (χ1v) is 6.62. The van der Waals surface area contributed by atoms with Gasteiger partial charge in [-0.3, -0.25) is 4.90 Å². The van der Waals surface area contributed by atoms with Crippen molar-refractivity contribution in [2.75, 3.05) is 6.54 Å². The van der Waals surface area contributed by atoms with E-state index in [1.54, 1.807) is 0 Å². The van der Waals surface area contributed by atoms with E-state index >= 15 is 0 Å². The highest BCUT2D eigenvalue weighted by Crippen LogP contribution is 2.26. The fraction of sp³-hybridized carbons (Fsp3) is 0.533. The second-order valence-corrected chi connectivity index (χ2v) is 4.95. The molecule has 1 aromatic rings. The molecule has 1 N–H and O–H groups in total. The molecule has 0 spiro atoms. The maximum Gasteiger partial charge on any atom is 0.0853 e. The van der Waals surface area contributed by atoms with E-state index in [9.17, 15) is 5.11 Å². The lowest BCUT2D eigenvalue weighted by Gasteiger charge is -2.40. The van der Waals surface area contributed by atoms with E-state index in [-0.39, 0.29) is 12.0 Å². The summed E-state index contributed by atoms with van der Waals surface area (Å²) in [6.07, 6.45) is 1.13. The van der Waals surface area contributed by atoms with Crippen molar-refractivity contribution in [3.05, 3.63) is 35.9 Å². The zero-order valence-electron chi connectivity index (χ0n) is 10.8. The smallest absolute Gasteiger partial charge is 0.0853 e. The molecule has 3 atom stereocenters. The molecular weight excluding hydrogens is 224 g/mol. The fourth-order valence-corrected chi connectivity index (χ4v) is 2.78. The van der Waals surface area contributed by atoms with Gasteiger partial charge in [-0.1, -0.05) is 37.3 Å². The Morgan fingerprint density at radius 2 is 2.11 bits per heavy atom. The van der Waals surface area contributed by atoms with Gasteiger partial charge in [-0.15, -0.1) is 0 Å². The number of aliphatic hydroxyl groups is 1. The molecule has 1 aliphatic rings. The number of hydrogen-bond acceptors (Lipinski definition) is 3. The standard InChI is InChI=1S/C15H20N2O/c1-2-14-15(18)13(10-16)8-9-17(14)11-12-6-4-3-5-7-12/h3-7,13-15,18H,2,8-9,11H2,1H3. The Bertz CT molecular complexity index is 412. The van der Waals surface area contributed by atoms with Crippen molar-refractivity contribution in [2.45, 2.75) is 38.5 Å². The lowest BCUT2D eigenvalue weighted by Crippen LogP contribution is -2.51. The predicted octanol–water partition coefficient (Wildman–Crippen LogP) is 2.17. The van der Waals surface area contributed by atoms with E-state index in [0.29, 0.717) is 0 Å². The van der Waals surface area contributed by atoms with Crippen molar-refractivity contribution < 1.29 is 5.11 Å². The summed E-state index contributed by atoms with van der Waals surface area (Å²) in [6, 6.07) is 12.6. The summed E-state index contributed by atoms with van der Waals surface area (Å²) >= 11 is 0. The van der Waals surface area contributed by atoms with Gasteiger partial charge in [0.1, 0.15) is 0 Å².